The second kappa shape index (κ2) is 8.01. The Morgan fingerprint density at radius 2 is 1.92 bits per heavy atom. The fourth-order valence-corrected chi connectivity index (χ4v) is 2.94. The summed E-state index contributed by atoms with van der Waals surface area (Å²) in [7, 11) is 4.52. The van der Waals surface area contributed by atoms with E-state index in [1.807, 2.05) is 19.1 Å². The van der Waals surface area contributed by atoms with E-state index in [1.165, 1.54) is 7.11 Å². The summed E-state index contributed by atoms with van der Waals surface area (Å²) in [4.78, 5) is 12.4. The number of rotatable bonds is 6. The van der Waals surface area contributed by atoms with Gasteiger partial charge in [0.2, 0.25) is 0 Å². The standard InChI is InChI=1S/C17H22N2O4S/c1-5-6-11-14(16(20)23-4)15(19-17(24)18-11)10-7-8-12(21-2)13(9-10)22-3/h7-9,15H,5-6H2,1-4H3,(H2,18,19,24)/t15-/m1/s1. The van der Waals surface area contributed by atoms with Gasteiger partial charge in [-0.1, -0.05) is 19.4 Å². The number of allylic oxidation sites excluding steroid dienone is 1. The van der Waals surface area contributed by atoms with Gasteiger partial charge in [-0.15, -0.1) is 0 Å². The number of benzene rings is 1. The van der Waals surface area contributed by atoms with Crippen molar-refractivity contribution in [2.45, 2.75) is 25.8 Å². The van der Waals surface area contributed by atoms with Crippen molar-refractivity contribution in [2.24, 2.45) is 0 Å². The summed E-state index contributed by atoms with van der Waals surface area (Å²) in [6, 6.07) is 5.10. The molecule has 2 rings (SSSR count). The molecule has 0 aliphatic carbocycles. The zero-order valence-electron chi connectivity index (χ0n) is 14.3. The van der Waals surface area contributed by atoms with Crippen LogP contribution >= 0.6 is 12.2 Å². The van der Waals surface area contributed by atoms with Gasteiger partial charge < -0.3 is 24.8 Å². The van der Waals surface area contributed by atoms with E-state index in [1.54, 1.807) is 20.3 Å². The summed E-state index contributed by atoms with van der Waals surface area (Å²) in [5, 5.41) is 6.69. The number of thiocarbonyl (C=S) groups is 1. The van der Waals surface area contributed by atoms with Gasteiger partial charge in [-0.05, 0) is 36.3 Å². The molecule has 0 spiro atoms. The van der Waals surface area contributed by atoms with Gasteiger partial charge >= 0.3 is 5.97 Å². The number of hydrogen-bond acceptors (Lipinski definition) is 5. The predicted molar refractivity (Wildman–Crippen MR) is 95.1 cm³/mol. The SMILES string of the molecule is CCCC1=C(C(=O)OC)[C@@H](c2ccc(OC)c(OC)c2)NC(=S)N1. The number of nitrogens with one attached hydrogen (secondary N) is 2. The first kappa shape index (κ1) is 18.1. The lowest BCUT2D eigenvalue weighted by Gasteiger charge is -2.31. The highest BCUT2D eigenvalue weighted by atomic mass is 32.1. The molecule has 0 unspecified atom stereocenters. The average Bonchev–Trinajstić information content (AvgIpc) is 2.60. The van der Waals surface area contributed by atoms with Crippen molar-refractivity contribution < 1.29 is 19.0 Å². The lowest BCUT2D eigenvalue weighted by atomic mass is 9.93. The minimum Gasteiger partial charge on any atom is -0.493 e. The van der Waals surface area contributed by atoms with Gasteiger partial charge in [0.05, 0.1) is 32.9 Å². The van der Waals surface area contributed by atoms with Crippen LogP contribution in [0.25, 0.3) is 0 Å². The van der Waals surface area contributed by atoms with E-state index >= 15 is 0 Å². The monoisotopic (exact) mass is 350 g/mol. The molecule has 24 heavy (non-hydrogen) atoms. The number of methoxy groups -OCH3 is 3. The number of ether oxygens (including phenoxy) is 3. The van der Waals surface area contributed by atoms with Crippen LogP contribution in [0.1, 0.15) is 31.4 Å². The maximum Gasteiger partial charge on any atom is 0.337 e. The van der Waals surface area contributed by atoms with Crippen LogP contribution in [0.2, 0.25) is 0 Å². The van der Waals surface area contributed by atoms with Crippen molar-refractivity contribution in [2.75, 3.05) is 21.3 Å². The molecule has 0 aromatic heterocycles. The highest BCUT2D eigenvalue weighted by molar-refractivity contribution is 7.80. The van der Waals surface area contributed by atoms with Gasteiger partial charge in [-0.2, -0.15) is 0 Å². The topological polar surface area (TPSA) is 68.8 Å². The third-order valence-electron chi connectivity index (χ3n) is 3.80. The molecule has 1 aliphatic rings. The van der Waals surface area contributed by atoms with Crippen molar-refractivity contribution in [1.82, 2.24) is 10.6 Å². The van der Waals surface area contributed by atoms with Gasteiger partial charge in [0.1, 0.15) is 0 Å². The van der Waals surface area contributed by atoms with E-state index in [4.69, 9.17) is 26.4 Å². The molecule has 0 saturated heterocycles. The van der Waals surface area contributed by atoms with E-state index < -0.39 is 6.04 Å². The maximum atomic E-state index is 12.4. The van der Waals surface area contributed by atoms with Crippen molar-refractivity contribution in [1.29, 1.82) is 0 Å². The molecular formula is C17H22N2O4S. The zero-order valence-corrected chi connectivity index (χ0v) is 15.1. The van der Waals surface area contributed by atoms with Crippen LogP contribution < -0.4 is 20.1 Å². The van der Waals surface area contributed by atoms with E-state index in [2.05, 4.69) is 10.6 Å². The van der Waals surface area contributed by atoms with Gasteiger partial charge in [-0.25, -0.2) is 4.79 Å². The minimum atomic E-state index is -0.410. The smallest absolute Gasteiger partial charge is 0.337 e. The molecule has 7 heteroatoms. The second-order valence-corrected chi connectivity index (χ2v) is 5.69. The first-order valence-corrected chi connectivity index (χ1v) is 8.07. The summed E-state index contributed by atoms with van der Waals surface area (Å²) in [5.74, 6) is 0.818. The summed E-state index contributed by atoms with van der Waals surface area (Å²) in [6.07, 6.45) is 1.58. The van der Waals surface area contributed by atoms with Crippen molar-refractivity contribution in [3.8, 4) is 11.5 Å². The van der Waals surface area contributed by atoms with Crippen LogP contribution in [-0.2, 0) is 9.53 Å². The minimum absolute atomic E-state index is 0.388. The fraction of sp³-hybridized carbons (Fsp3) is 0.412. The lowest BCUT2D eigenvalue weighted by Crippen LogP contribution is -2.45. The first-order valence-electron chi connectivity index (χ1n) is 7.66. The molecule has 0 amide bonds. The maximum absolute atomic E-state index is 12.4. The molecule has 1 aromatic rings. The summed E-state index contributed by atoms with van der Waals surface area (Å²) >= 11 is 5.30. The number of hydrogen-bond donors (Lipinski definition) is 2. The van der Waals surface area contributed by atoms with Crippen LogP contribution in [0.3, 0.4) is 0 Å². The number of carbonyl (C=O) groups is 1. The van der Waals surface area contributed by atoms with Crippen LogP contribution in [0, 0.1) is 0 Å². The molecule has 0 radical (unpaired) electrons. The normalized spacial score (nSPS) is 17.0. The highest BCUT2D eigenvalue weighted by Crippen LogP contribution is 2.35. The molecule has 130 valence electrons. The molecule has 1 aliphatic heterocycles. The Labute approximate surface area is 147 Å². The van der Waals surface area contributed by atoms with Crippen molar-refractivity contribution >= 4 is 23.3 Å². The Morgan fingerprint density at radius 3 is 2.50 bits per heavy atom. The first-order chi connectivity index (χ1) is 11.5. The van der Waals surface area contributed by atoms with Crippen LogP contribution in [0.4, 0.5) is 0 Å². The molecule has 1 heterocycles. The van der Waals surface area contributed by atoms with E-state index in [0.29, 0.717) is 28.6 Å². The van der Waals surface area contributed by atoms with Gasteiger partial charge in [-0.3, -0.25) is 0 Å². The molecule has 2 N–H and O–H groups in total. The molecule has 6 nitrogen and oxygen atoms in total. The molecule has 0 saturated carbocycles. The van der Waals surface area contributed by atoms with Gasteiger partial charge in [0.25, 0.3) is 0 Å². The molecular weight excluding hydrogens is 328 g/mol. The Balaban J connectivity index is 2.54. The van der Waals surface area contributed by atoms with E-state index in [-0.39, 0.29) is 5.97 Å². The Bertz CT molecular complexity index is 673. The van der Waals surface area contributed by atoms with Crippen LogP contribution in [0.15, 0.2) is 29.5 Å². The Kier molecular flexibility index (Phi) is 6.03. The Morgan fingerprint density at radius 1 is 1.21 bits per heavy atom. The van der Waals surface area contributed by atoms with Gasteiger partial charge in [0, 0.05) is 5.70 Å². The van der Waals surface area contributed by atoms with Crippen LogP contribution in [0.5, 0.6) is 11.5 Å². The van der Waals surface area contributed by atoms with E-state index in [0.717, 1.165) is 17.7 Å². The fourth-order valence-electron chi connectivity index (χ4n) is 2.70. The predicted octanol–water partition coefficient (Wildman–Crippen LogP) is 2.45. The largest absolute Gasteiger partial charge is 0.493 e. The van der Waals surface area contributed by atoms with Gasteiger partial charge in [0.15, 0.2) is 16.6 Å². The van der Waals surface area contributed by atoms with Crippen molar-refractivity contribution in [3.05, 3.63) is 35.0 Å². The zero-order chi connectivity index (χ0) is 17.7. The summed E-state index contributed by atoms with van der Waals surface area (Å²) in [5.41, 5.74) is 2.15. The number of carbonyl (C=O) groups excluding carboxylic acids is 1. The van der Waals surface area contributed by atoms with E-state index in [9.17, 15) is 4.79 Å². The van der Waals surface area contributed by atoms with Crippen LogP contribution in [-0.4, -0.2) is 32.4 Å². The third-order valence-corrected chi connectivity index (χ3v) is 4.02. The second-order valence-electron chi connectivity index (χ2n) is 5.28. The Hall–Kier alpha value is -2.28. The highest BCUT2D eigenvalue weighted by Gasteiger charge is 2.32. The third kappa shape index (κ3) is 3.62. The number of esters is 1. The molecule has 1 aromatic carbocycles. The summed E-state index contributed by atoms with van der Waals surface area (Å²) < 4.78 is 15.6. The average molecular weight is 350 g/mol. The molecule has 0 fully saturated rings. The quantitative estimate of drug-likeness (QED) is 0.603. The summed E-state index contributed by atoms with van der Waals surface area (Å²) in [6.45, 7) is 2.04. The lowest BCUT2D eigenvalue weighted by molar-refractivity contribution is -0.136. The van der Waals surface area contributed by atoms with Crippen molar-refractivity contribution in [3.63, 3.8) is 0 Å². The molecule has 0 bridgehead atoms. The molecule has 1 atom stereocenters.